The van der Waals surface area contributed by atoms with Gasteiger partial charge in [0.2, 0.25) is 5.91 Å². The minimum absolute atomic E-state index is 0.0587. The highest BCUT2D eigenvalue weighted by Crippen LogP contribution is 2.08. The molecule has 2 heterocycles. The van der Waals surface area contributed by atoms with Gasteiger partial charge in [-0.15, -0.1) is 0 Å². The smallest absolute Gasteiger partial charge is 0.235 e. The van der Waals surface area contributed by atoms with Crippen LogP contribution < -0.4 is 5.32 Å². The molecule has 152 valence electrons. The van der Waals surface area contributed by atoms with E-state index >= 15 is 0 Å². The third kappa shape index (κ3) is 7.93. The van der Waals surface area contributed by atoms with E-state index in [4.69, 9.17) is 4.42 Å². The molecule has 0 aliphatic rings. The monoisotopic (exact) mass is 407 g/mol. The maximum absolute atomic E-state index is 12.0. The van der Waals surface area contributed by atoms with Crippen molar-refractivity contribution in [2.24, 2.45) is 0 Å². The summed E-state index contributed by atoms with van der Waals surface area (Å²) in [6, 6.07) is 6.99. The van der Waals surface area contributed by atoms with E-state index in [1.807, 2.05) is 31.1 Å². The quantitative estimate of drug-likeness (QED) is 0.573. The number of hydrogen-bond acceptors (Lipinski definition) is 7. The van der Waals surface area contributed by atoms with E-state index in [0.29, 0.717) is 6.42 Å². The molecule has 0 unspecified atom stereocenters. The number of aromatic nitrogens is 1. The molecule has 0 atom stereocenters. The standard InChI is InChI=1S/C19H25N3O5S/c1-22(2)12-15-7-8-20-16(10-15)5-6-17(23)11-21-19(24)14-28(25,26)13-18-4-3-9-27-18/h3-4,6-10,23H,5,11-14H2,1-2H3,(H,21,24)/b17-6-. The number of allylic oxidation sites excluding steroid dienone is 1. The lowest BCUT2D eigenvalue weighted by Gasteiger charge is -2.10. The molecule has 1 amide bonds. The highest BCUT2D eigenvalue weighted by Gasteiger charge is 2.18. The van der Waals surface area contributed by atoms with Crippen LogP contribution >= 0.6 is 0 Å². The summed E-state index contributed by atoms with van der Waals surface area (Å²) in [6.07, 6.45) is 5.03. The van der Waals surface area contributed by atoms with Gasteiger partial charge in [0.05, 0.1) is 12.8 Å². The second-order valence-corrected chi connectivity index (χ2v) is 8.75. The Balaban J connectivity index is 1.81. The van der Waals surface area contributed by atoms with Crippen LogP contribution in [0.5, 0.6) is 0 Å². The summed E-state index contributed by atoms with van der Waals surface area (Å²) < 4.78 is 28.9. The number of aliphatic hydroxyl groups is 1. The molecule has 0 saturated carbocycles. The normalized spacial score (nSPS) is 12.3. The average Bonchev–Trinajstić information content (AvgIpc) is 3.09. The number of pyridine rings is 1. The molecule has 9 heteroatoms. The predicted molar refractivity (Wildman–Crippen MR) is 105 cm³/mol. The molecular formula is C19H25N3O5S. The summed E-state index contributed by atoms with van der Waals surface area (Å²) in [7, 11) is 0.308. The van der Waals surface area contributed by atoms with Crippen LogP contribution in [0.4, 0.5) is 0 Å². The van der Waals surface area contributed by atoms with E-state index in [0.717, 1.165) is 17.8 Å². The van der Waals surface area contributed by atoms with Gasteiger partial charge in [0, 0.05) is 24.9 Å². The fourth-order valence-corrected chi connectivity index (χ4v) is 3.70. The Morgan fingerprint density at radius 2 is 2.14 bits per heavy atom. The van der Waals surface area contributed by atoms with Crippen LogP contribution in [0.2, 0.25) is 0 Å². The molecule has 0 saturated heterocycles. The first kappa shape index (κ1) is 21.6. The van der Waals surface area contributed by atoms with Crippen molar-refractivity contribution in [1.29, 1.82) is 0 Å². The zero-order chi connectivity index (χ0) is 20.6. The molecule has 0 aromatic carbocycles. The molecule has 0 radical (unpaired) electrons. The zero-order valence-corrected chi connectivity index (χ0v) is 16.8. The van der Waals surface area contributed by atoms with Crippen molar-refractivity contribution in [2.45, 2.75) is 18.7 Å². The van der Waals surface area contributed by atoms with Crippen molar-refractivity contribution >= 4 is 15.7 Å². The van der Waals surface area contributed by atoms with Gasteiger partial charge in [0.1, 0.15) is 23.0 Å². The highest BCUT2D eigenvalue weighted by molar-refractivity contribution is 7.91. The molecule has 0 aliphatic heterocycles. The van der Waals surface area contributed by atoms with Gasteiger partial charge in [-0.25, -0.2) is 8.42 Å². The van der Waals surface area contributed by atoms with Crippen LogP contribution in [0.1, 0.15) is 17.0 Å². The molecule has 0 spiro atoms. The Bertz CT molecular complexity index is 905. The summed E-state index contributed by atoms with van der Waals surface area (Å²) in [5.41, 5.74) is 1.90. The molecule has 28 heavy (non-hydrogen) atoms. The van der Waals surface area contributed by atoms with E-state index < -0.39 is 21.5 Å². The van der Waals surface area contributed by atoms with E-state index in [9.17, 15) is 18.3 Å². The third-order valence-electron chi connectivity index (χ3n) is 3.69. The summed E-state index contributed by atoms with van der Waals surface area (Å²) in [4.78, 5) is 18.1. The lowest BCUT2D eigenvalue weighted by Crippen LogP contribution is -2.32. The fourth-order valence-electron chi connectivity index (χ4n) is 2.50. The second-order valence-electron chi connectivity index (χ2n) is 6.68. The van der Waals surface area contributed by atoms with Gasteiger partial charge in [-0.1, -0.05) is 0 Å². The molecule has 0 fully saturated rings. The number of rotatable bonds is 10. The number of carbonyl (C=O) groups excluding carboxylic acids is 1. The molecule has 2 aromatic heterocycles. The topological polar surface area (TPSA) is 113 Å². The number of hydrogen-bond donors (Lipinski definition) is 2. The largest absolute Gasteiger partial charge is 0.511 e. The summed E-state index contributed by atoms with van der Waals surface area (Å²) in [6.45, 7) is 0.639. The Labute approximate surface area is 164 Å². The van der Waals surface area contributed by atoms with Crippen LogP contribution in [-0.2, 0) is 33.4 Å². The minimum Gasteiger partial charge on any atom is -0.511 e. The predicted octanol–water partition coefficient (Wildman–Crippen LogP) is 1.45. The van der Waals surface area contributed by atoms with Gasteiger partial charge >= 0.3 is 0 Å². The van der Waals surface area contributed by atoms with Crippen molar-refractivity contribution in [1.82, 2.24) is 15.2 Å². The van der Waals surface area contributed by atoms with Gasteiger partial charge in [0.15, 0.2) is 9.84 Å². The first-order chi connectivity index (χ1) is 13.2. The van der Waals surface area contributed by atoms with E-state index in [1.165, 1.54) is 12.3 Å². The number of sulfone groups is 1. The van der Waals surface area contributed by atoms with Crippen molar-refractivity contribution < 1.29 is 22.7 Å². The van der Waals surface area contributed by atoms with Crippen LogP contribution in [-0.4, -0.2) is 55.7 Å². The molecule has 0 aliphatic carbocycles. The first-order valence-corrected chi connectivity index (χ1v) is 10.5. The Morgan fingerprint density at radius 1 is 1.36 bits per heavy atom. The number of furan rings is 1. The second kappa shape index (κ2) is 10.0. The van der Waals surface area contributed by atoms with Crippen LogP contribution in [0.3, 0.4) is 0 Å². The minimum atomic E-state index is -3.64. The van der Waals surface area contributed by atoms with Gasteiger partial charge in [-0.05, 0) is 50.0 Å². The number of nitrogens with zero attached hydrogens (tertiary/aromatic N) is 2. The van der Waals surface area contributed by atoms with E-state index in [1.54, 1.807) is 18.3 Å². The molecular weight excluding hydrogens is 382 g/mol. The van der Waals surface area contributed by atoms with Crippen molar-refractivity contribution in [3.63, 3.8) is 0 Å². The number of amides is 1. The number of nitrogens with one attached hydrogen (secondary N) is 1. The van der Waals surface area contributed by atoms with Gasteiger partial charge in [0.25, 0.3) is 0 Å². The van der Waals surface area contributed by atoms with Gasteiger partial charge in [-0.2, -0.15) is 0 Å². The molecule has 2 rings (SSSR count). The highest BCUT2D eigenvalue weighted by atomic mass is 32.2. The molecule has 0 bridgehead atoms. The average molecular weight is 407 g/mol. The zero-order valence-electron chi connectivity index (χ0n) is 16.0. The maximum atomic E-state index is 12.0. The Kier molecular flexibility index (Phi) is 7.77. The number of carbonyl (C=O) groups is 1. The third-order valence-corrected chi connectivity index (χ3v) is 5.11. The SMILES string of the molecule is CN(C)Cc1ccnc(C/C=C(\O)CNC(=O)CS(=O)(=O)Cc2ccco2)c1. The van der Waals surface area contributed by atoms with Crippen LogP contribution in [0.15, 0.2) is 53.0 Å². The summed E-state index contributed by atoms with van der Waals surface area (Å²) >= 11 is 0. The Hall–Kier alpha value is -2.65. The van der Waals surface area contributed by atoms with Crippen LogP contribution in [0, 0.1) is 0 Å². The molecule has 8 nitrogen and oxygen atoms in total. The van der Waals surface area contributed by atoms with Crippen molar-refractivity contribution in [3.05, 3.63) is 65.6 Å². The first-order valence-electron chi connectivity index (χ1n) is 8.69. The lowest BCUT2D eigenvalue weighted by atomic mass is 10.2. The lowest BCUT2D eigenvalue weighted by molar-refractivity contribution is -0.118. The fraction of sp³-hybridized carbons (Fsp3) is 0.368. The van der Waals surface area contributed by atoms with E-state index in [2.05, 4.69) is 10.3 Å². The summed E-state index contributed by atoms with van der Waals surface area (Å²) in [5, 5.41) is 12.3. The molecule has 2 N–H and O–H groups in total. The Morgan fingerprint density at radius 3 is 2.82 bits per heavy atom. The van der Waals surface area contributed by atoms with Crippen molar-refractivity contribution in [2.75, 3.05) is 26.4 Å². The van der Waals surface area contributed by atoms with Crippen molar-refractivity contribution in [3.8, 4) is 0 Å². The summed E-state index contributed by atoms with van der Waals surface area (Å²) in [5.74, 6) is -1.48. The number of aliphatic hydroxyl groups excluding tert-OH is 1. The molecule has 2 aromatic rings. The van der Waals surface area contributed by atoms with Gasteiger partial charge < -0.3 is 19.7 Å². The maximum Gasteiger partial charge on any atom is 0.235 e. The van der Waals surface area contributed by atoms with Gasteiger partial charge in [-0.3, -0.25) is 9.78 Å². The van der Waals surface area contributed by atoms with E-state index in [-0.39, 0.29) is 23.8 Å². The van der Waals surface area contributed by atoms with Crippen LogP contribution in [0.25, 0.3) is 0 Å².